The zero-order chi connectivity index (χ0) is 21.0. The molecule has 1 aliphatic heterocycles. The van der Waals surface area contributed by atoms with Crippen LogP contribution in [-0.2, 0) is 10.0 Å². The second-order valence-corrected chi connectivity index (χ2v) is 9.80. The van der Waals surface area contributed by atoms with E-state index in [9.17, 15) is 13.5 Å². The summed E-state index contributed by atoms with van der Waals surface area (Å²) in [5.41, 5.74) is 1.56. The van der Waals surface area contributed by atoms with E-state index >= 15 is 0 Å². The molecule has 7 nitrogen and oxygen atoms in total. The van der Waals surface area contributed by atoms with Gasteiger partial charge in [0, 0.05) is 42.9 Å². The molecule has 0 atom stereocenters. The van der Waals surface area contributed by atoms with Crippen molar-refractivity contribution in [3.05, 3.63) is 65.2 Å². The molecule has 4 rings (SSSR count). The van der Waals surface area contributed by atoms with Gasteiger partial charge in [-0.25, -0.2) is 13.4 Å². The highest BCUT2D eigenvalue weighted by Gasteiger charge is 2.25. The lowest BCUT2D eigenvalue weighted by molar-refractivity contribution is 0.360. The third-order valence-corrected chi connectivity index (χ3v) is 7.41. The summed E-state index contributed by atoms with van der Waals surface area (Å²) in [6.07, 6.45) is 5.56. The first-order valence-corrected chi connectivity index (χ1v) is 11.8. The molecule has 9 heteroatoms. The minimum Gasteiger partial charge on any atom is -0.508 e. The Hall–Kier alpha value is -2.72. The number of hydrogen-bond acceptors (Lipinski definition) is 7. The number of hydrogen-bond donors (Lipinski definition) is 3. The van der Waals surface area contributed by atoms with Crippen LogP contribution in [0.15, 0.2) is 59.6 Å². The standard InChI is InChI=1S/C21H22N4O3S2/c26-18-5-1-3-16(13-18)7-8-19-15-23-21(29-19)24-17-4-2-6-20(14-17)30(27,28)25-11-9-22-10-12-25/h1-8,13-15,22,26H,9-12H2,(H,23,24). The largest absolute Gasteiger partial charge is 0.508 e. The van der Waals surface area contributed by atoms with Crippen LogP contribution in [-0.4, -0.2) is 49.0 Å². The van der Waals surface area contributed by atoms with Gasteiger partial charge in [-0.2, -0.15) is 4.31 Å². The lowest BCUT2D eigenvalue weighted by Crippen LogP contribution is -2.46. The molecular formula is C21H22N4O3S2. The van der Waals surface area contributed by atoms with Gasteiger partial charge in [0.2, 0.25) is 10.0 Å². The predicted octanol–water partition coefficient (Wildman–Crippen LogP) is 3.36. The summed E-state index contributed by atoms with van der Waals surface area (Å²) < 4.78 is 27.3. The number of benzene rings is 2. The van der Waals surface area contributed by atoms with E-state index in [4.69, 9.17) is 0 Å². The molecule has 1 fully saturated rings. The summed E-state index contributed by atoms with van der Waals surface area (Å²) >= 11 is 1.45. The zero-order valence-corrected chi connectivity index (χ0v) is 17.8. The van der Waals surface area contributed by atoms with Crippen molar-refractivity contribution in [3.8, 4) is 5.75 Å². The number of nitrogens with one attached hydrogen (secondary N) is 2. The summed E-state index contributed by atoms with van der Waals surface area (Å²) in [6, 6.07) is 13.8. The van der Waals surface area contributed by atoms with Crippen LogP contribution < -0.4 is 10.6 Å². The minimum absolute atomic E-state index is 0.222. The highest BCUT2D eigenvalue weighted by Crippen LogP contribution is 2.26. The number of thiazole rings is 1. The lowest BCUT2D eigenvalue weighted by Gasteiger charge is -2.26. The number of sulfonamides is 1. The predicted molar refractivity (Wildman–Crippen MR) is 121 cm³/mol. The summed E-state index contributed by atoms with van der Waals surface area (Å²) in [6.45, 7) is 2.27. The quantitative estimate of drug-likeness (QED) is 0.542. The Morgan fingerprint density at radius 3 is 2.70 bits per heavy atom. The van der Waals surface area contributed by atoms with Crippen LogP contribution in [0.4, 0.5) is 10.8 Å². The molecule has 0 spiro atoms. The first-order valence-electron chi connectivity index (χ1n) is 9.52. The fourth-order valence-electron chi connectivity index (χ4n) is 3.12. The fraction of sp³-hybridized carbons (Fsp3) is 0.190. The van der Waals surface area contributed by atoms with Crippen LogP contribution >= 0.6 is 11.3 Å². The van der Waals surface area contributed by atoms with Crippen molar-refractivity contribution in [1.82, 2.24) is 14.6 Å². The number of anilines is 2. The molecule has 1 aliphatic rings. The molecule has 2 heterocycles. The molecule has 3 N–H and O–H groups in total. The maximum atomic E-state index is 12.9. The minimum atomic E-state index is -3.51. The summed E-state index contributed by atoms with van der Waals surface area (Å²) in [5.74, 6) is 0.222. The summed E-state index contributed by atoms with van der Waals surface area (Å²) in [4.78, 5) is 5.57. The topological polar surface area (TPSA) is 94.6 Å². The molecular weight excluding hydrogens is 420 g/mol. The van der Waals surface area contributed by atoms with Gasteiger partial charge >= 0.3 is 0 Å². The highest BCUT2D eigenvalue weighted by atomic mass is 32.2. The van der Waals surface area contributed by atoms with Crippen LogP contribution in [0.3, 0.4) is 0 Å². The van der Waals surface area contributed by atoms with Crippen LogP contribution in [0.2, 0.25) is 0 Å². The van der Waals surface area contributed by atoms with Gasteiger partial charge in [-0.05, 0) is 42.0 Å². The fourth-order valence-corrected chi connectivity index (χ4v) is 5.35. The Bertz CT molecular complexity index is 1150. The normalized spacial score (nSPS) is 15.5. The summed E-state index contributed by atoms with van der Waals surface area (Å²) in [7, 11) is -3.51. The first-order chi connectivity index (χ1) is 14.5. The molecule has 0 bridgehead atoms. The van der Waals surface area contributed by atoms with Crippen molar-refractivity contribution < 1.29 is 13.5 Å². The maximum Gasteiger partial charge on any atom is 0.243 e. The van der Waals surface area contributed by atoms with E-state index in [0.29, 0.717) is 37.0 Å². The van der Waals surface area contributed by atoms with Crippen LogP contribution in [0, 0.1) is 0 Å². The van der Waals surface area contributed by atoms with Gasteiger partial charge in [-0.3, -0.25) is 0 Å². The number of rotatable bonds is 6. The number of phenols is 1. The van der Waals surface area contributed by atoms with Crippen molar-refractivity contribution in [1.29, 1.82) is 0 Å². The van der Waals surface area contributed by atoms with E-state index in [-0.39, 0.29) is 10.6 Å². The molecule has 1 saturated heterocycles. The number of aromatic hydroxyl groups is 1. The molecule has 156 valence electrons. The summed E-state index contributed by atoms with van der Waals surface area (Å²) in [5, 5.41) is 16.6. The average molecular weight is 443 g/mol. The Morgan fingerprint density at radius 1 is 1.10 bits per heavy atom. The van der Waals surface area contributed by atoms with Crippen molar-refractivity contribution in [2.45, 2.75) is 4.90 Å². The SMILES string of the molecule is O=S(=O)(c1cccc(Nc2ncc(C=Cc3cccc(O)c3)s2)c1)N1CCNCC1. The van der Waals surface area contributed by atoms with E-state index < -0.39 is 10.0 Å². The Balaban J connectivity index is 1.47. The number of nitrogens with zero attached hydrogens (tertiary/aromatic N) is 2. The monoisotopic (exact) mass is 442 g/mol. The third-order valence-electron chi connectivity index (χ3n) is 4.63. The Morgan fingerprint density at radius 2 is 1.90 bits per heavy atom. The molecule has 0 amide bonds. The Kier molecular flexibility index (Phi) is 6.14. The molecule has 0 radical (unpaired) electrons. The highest BCUT2D eigenvalue weighted by molar-refractivity contribution is 7.89. The zero-order valence-electron chi connectivity index (χ0n) is 16.2. The molecule has 1 aromatic heterocycles. The number of phenolic OH excluding ortho intramolecular Hbond substituents is 1. The van der Waals surface area contributed by atoms with Crippen molar-refractivity contribution in [3.63, 3.8) is 0 Å². The van der Waals surface area contributed by atoms with E-state index in [0.717, 1.165) is 10.4 Å². The van der Waals surface area contributed by atoms with Crippen LogP contribution in [0.1, 0.15) is 10.4 Å². The molecule has 0 aliphatic carbocycles. The van der Waals surface area contributed by atoms with Crippen molar-refractivity contribution >= 4 is 44.3 Å². The van der Waals surface area contributed by atoms with E-state index in [1.165, 1.54) is 15.6 Å². The van der Waals surface area contributed by atoms with Gasteiger partial charge in [-0.15, -0.1) is 0 Å². The number of aromatic nitrogens is 1. The van der Waals surface area contributed by atoms with Gasteiger partial charge in [0.05, 0.1) is 4.90 Å². The lowest BCUT2D eigenvalue weighted by atomic mass is 10.2. The second kappa shape index (κ2) is 8.97. The number of piperazine rings is 1. The maximum absolute atomic E-state index is 12.9. The molecule has 30 heavy (non-hydrogen) atoms. The van der Waals surface area contributed by atoms with Gasteiger partial charge in [0.15, 0.2) is 5.13 Å². The molecule has 0 saturated carbocycles. The van der Waals surface area contributed by atoms with Crippen LogP contribution in [0.5, 0.6) is 5.75 Å². The van der Waals surface area contributed by atoms with Gasteiger partial charge in [0.1, 0.15) is 5.75 Å². The molecule has 0 unspecified atom stereocenters. The smallest absolute Gasteiger partial charge is 0.243 e. The second-order valence-electron chi connectivity index (χ2n) is 6.80. The molecule has 3 aromatic rings. The van der Waals surface area contributed by atoms with E-state index in [2.05, 4.69) is 15.6 Å². The first kappa shape index (κ1) is 20.5. The van der Waals surface area contributed by atoms with Crippen molar-refractivity contribution in [2.24, 2.45) is 0 Å². The third kappa shape index (κ3) is 4.88. The van der Waals surface area contributed by atoms with Crippen molar-refractivity contribution in [2.75, 3.05) is 31.5 Å². The van der Waals surface area contributed by atoms with E-state index in [1.54, 1.807) is 42.6 Å². The Labute approximate surface area is 179 Å². The average Bonchev–Trinajstić information content (AvgIpc) is 3.20. The van der Waals surface area contributed by atoms with E-state index in [1.807, 2.05) is 24.3 Å². The van der Waals surface area contributed by atoms with Gasteiger partial charge < -0.3 is 15.7 Å². The van der Waals surface area contributed by atoms with Gasteiger partial charge in [-0.1, -0.05) is 35.6 Å². The van der Waals surface area contributed by atoms with Crippen LogP contribution in [0.25, 0.3) is 12.2 Å². The molecule has 2 aromatic carbocycles. The van der Waals surface area contributed by atoms with Gasteiger partial charge in [0.25, 0.3) is 0 Å².